The van der Waals surface area contributed by atoms with Crippen LogP contribution in [0.5, 0.6) is 0 Å². The molecule has 0 saturated carbocycles. The third kappa shape index (κ3) is 2.67. The zero-order valence-electron chi connectivity index (χ0n) is 7.90. The summed E-state index contributed by atoms with van der Waals surface area (Å²) in [6.07, 6.45) is 1.57. The van der Waals surface area contributed by atoms with E-state index in [0.717, 1.165) is 0 Å². The zero-order valence-corrected chi connectivity index (χ0v) is 7.90. The first-order valence-electron chi connectivity index (χ1n) is 4.21. The van der Waals surface area contributed by atoms with Gasteiger partial charge in [-0.25, -0.2) is 9.97 Å². The maximum absolute atomic E-state index is 10.7. The monoisotopic (exact) mass is 195 g/mol. The summed E-state index contributed by atoms with van der Waals surface area (Å²) in [4.78, 5) is 18.7. The summed E-state index contributed by atoms with van der Waals surface area (Å²) in [7, 11) is 0. The first-order valence-corrected chi connectivity index (χ1v) is 4.21. The number of carbonyl (C=O) groups is 1. The fraction of sp³-hybridized carbons (Fsp3) is 0.375. The van der Waals surface area contributed by atoms with Crippen LogP contribution in [0.4, 0.5) is 5.82 Å². The molecule has 1 aromatic rings. The average molecular weight is 195 g/mol. The number of hydrogen-bond donors (Lipinski definition) is 3. The van der Waals surface area contributed by atoms with Gasteiger partial charge in [-0.05, 0) is 13.0 Å². The number of rotatable bonds is 4. The first kappa shape index (κ1) is 10.4. The Hall–Kier alpha value is -1.69. The molecule has 0 unspecified atom stereocenters. The molecule has 0 spiro atoms. The molecule has 0 radical (unpaired) electrons. The molecule has 1 heterocycles. The van der Waals surface area contributed by atoms with Crippen molar-refractivity contribution in [2.45, 2.75) is 19.5 Å². The molecule has 14 heavy (non-hydrogen) atoms. The number of carbonyl (C=O) groups excluding carboxylic acids is 1. The van der Waals surface area contributed by atoms with Crippen LogP contribution in [0.15, 0.2) is 12.3 Å². The van der Waals surface area contributed by atoms with Gasteiger partial charge in [-0.1, -0.05) is 0 Å². The van der Waals surface area contributed by atoms with Crippen molar-refractivity contribution in [1.82, 2.24) is 9.97 Å². The molecule has 76 valence electrons. The van der Waals surface area contributed by atoms with Gasteiger partial charge < -0.3 is 16.8 Å². The zero-order chi connectivity index (χ0) is 10.6. The molecule has 1 aromatic heterocycles. The summed E-state index contributed by atoms with van der Waals surface area (Å²) in [5.74, 6) is 0.635. The Balaban J connectivity index is 2.71. The van der Waals surface area contributed by atoms with Gasteiger partial charge in [0.25, 0.3) is 0 Å². The molecular formula is C8H13N5O. The van der Waals surface area contributed by atoms with Crippen LogP contribution < -0.4 is 16.8 Å². The van der Waals surface area contributed by atoms with Gasteiger partial charge in [0.05, 0.1) is 6.54 Å². The SMILES string of the molecule is C[C@@H](Nc1ccnc(CN)n1)C(N)=O. The quantitative estimate of drug-likeness (QED) is 0.584. The highest BCUT2D eigenvalue weighted by atomic mass is 16.1. The third-order valence-corrected chi connectivity index (χ3v) is 1.68. The third-order valence-electron chi connectivity index (χ3n) is 1.68. The fourth-order valence-electron chi connectivity index (χ4n) is 0.871. The molecule has 0 aliphatic carbocycles. The van der Waals surface area contributed by atoms with Crippen LogP contribution in [0.2, 0.25) is 0 Å². The molecule has 0 aromatic carbocycles. The fourth-order valence-corrected chi connectivity index (χ4v) is 0.871. The Kier molecular flexibility index (Phi) is 3.35. The summed E-state index contributed by atoms with van der Waals surface area (Å²) in [6.45, 7) is 1.92. The minimum absolute atomic E-state index is 0.264. The van der Waals surface area contributed by atoms with E-state index in [0.29, 0.717) is 11.6 Å². The second kappa shape index (κ2) is 4.52. The minimum atomic E-state index is -0.462. The van der Waals surface area contributed by atoms with Crippen molar-refractivity contribution < 1.29 is 4.79 Å². The van der Waals surface area contributed by atoms with Crippen LogP contribution >= 0.6 is 0 Å². The number of nitrogens with one attached hydrogen (secondary N) is 1. The average Bonchev–Trinajstić information content (AvgIpc) is 2.18. The number of nitrogens with two attached hydrogens (primary N) is 2. The lowest BCUT2D eigenvalue weighted by atomic mass is 10.3. The number of anilines is 1. The van der Waals surface area contributed by atoms with Crippen molar-refractivity contribution in [1.29, 1.82) is 0 Å². The van der Waals surface area contributed by atoms with Gasteiger partial charge in [-0.15, -0.1) is 0 Å². The van der Waals surface area contributed by atoms with E-state index in [1.807, 2.05) is 0 Å². The van der Waals surface area contributed by atoms with Gasteiger partial charge in [0.1, 0.15) is 17.7 Å². The lowest BCUT2D eigenvalue weighted by molar-refractivity contribution is -0.118. The van der Waals surface area contributed by atoms with Gasteiger partial charge in [0.15, 0.2) is 0 Å². The standard InChI is InChI=1S/C8H13N5O/c1-5(8(10)14)12-6-2-3-11-7(4-9)13-6/h2-3,5H,4,9H2,1H3,(H2,10,14)(H,11,12,13)/t5-/m1/s1. The molecule has 0 aliphatic heterocycles. The molecule has 6 heteroatoms. The van der Waals surface area contributed by atoms with Crippen molar-refractivity contribution in [3.8, 4) is 0 Å². The van der Waals surface area contributed by atoms with Gasteiger partial charge in [0, 0.05) is 6.20 Å². The summed E-state index contributed by atoms with van der Waals surface area (Å²) < 4.78 is 0. The normalized spacial score (nSPS) is 12.1. The second-order valence-corrected chi connectivity index (χ2v) is 2.83. The van der Waals surface area contributed by atoms with Gasteiger partial charge in [-0.2, -0.15) is 0 Å². The topological polar surface area (TPSA) is 107 Å². The van der Waals surface area contributed by atoms with Crippen LogP contribution in [0, 0.1) is 0 Å². The molecule has 1 rings (SSSR count). The van der Waals surface area contributed by atoms with Crippen LogP contribution in [0.3, 0.4) is 0 Å². The molecule has 1 atom stereocenters. The van der Waals surface area contributed by atoms with Crippen molar-refractivity contribution in [2.24, 2.45) is 11.5 Å². The molecule has 1 amide bonds. The molecule has 0 aliphatic rings. The van der Waals surface area contributed by atoms with E-state index in [1.54, 1.807) is 19.2 Å². The van der Waals surface area contributed by atoms with Crippen molar-refractivity contribution in [2.75, 3.05) is 5.32 Å². The van der Waals surface area contributed by atoms with Crippen LogP contribution in [0.25, 0.3) is 0 Å². The number of aromatic nitrogens is 2. The highest BCUT2D eigenvalue weighted by molar-refractivity contribution is 5.82. The van der Waals surface area contributed by atoms with Gasteiger partial charge in [-0.3, -0.25) is 4.79 Å². The second-order valence-electron chi connectivity index (χ2n) is 2.83. The van der Waals surface area contributed by atoms with E-state index in [1.165, 1.54) is 0 Å². The predicted octanol–water partition coefficient (Wildman–Crippen LogP) is -0.779. The van der Waals surface area contributed by atoms with Crippen molar-refractivity contribution >= 4 is 11.7 Å². The summed E-state index contributed by atoms with van der Waals surface area (Å²) in [5, 5.41) is 2.83. The van der Waals surface area contributed by atoms with E-state index in [9.17, 15) is 4.79 Å². The predicted molar refractivity (Wildman–Crippen MR) is 52.2 cm³/mol. The van der Waals surface area contributed by atoms with Crippen LogP contribution in [-0.2, 0) is 11.3 Å². The summed E-state index contributed by atoms with van der Waals surface area (Å²) in [5.41, 5.74) is 10.4. The number of amides is 1. The van der Waals surface area contributed by atoms with E-state index < -0.39 is 11.9 Å². The minimum Gasteiger partial charge on any atom is -0.368 e. The van der Waals surface area contributed by atoms with Crippen LogP contribution in [0.1, 0.15) is 12.7 Å². The Morgan fingerprint density at radius 2 is 2.43 bits per heavy atom. The Labute approximate surface area is 81.7 Å². The Morgan fingerprint density at radius 3 is 3.00 bits per heavy atom. The summed E-state index contributed by atoms with van der Waals surface area (Å²) >= 11 is 0. The molecule has 0 fully saturated rings. The first-order chi connectivity index (χ1) is 6.63. The number of hydrogen-bond acceptors (Lipinski definition) is 5. The molecule has 0 bridgehead atoms. The molecule has 0 saturated heterocycles. The van der Waals surface area contributed by atoms with Crippen molar-refractivity contribution in [3.05, 3.63) is 18.1 Å². The highest BCUT2D eigenvalue weighted by Gasteiger charge is 2.08. The number of nitrogens with zero attached hydrogens (tertiary/aromatic N) is 2. The lowest BCUT2D eigenvalue weighted by Crippen LogP contribution is -2.32. The maximum Gasteiger partial charge on any atom is 0.239 e. The molecule has 5 N–H and O–H groups in total. The van der Waals surface area contributed by atoms with Crippen LogP contribution in [-0.4, -0.2) is 21.9 Å². The van der Waals surface area contributed by atoms with Gasteiger partial charge in [0.2, 0.25) is 5.91 Å². The smallest absolute Gasteiger partial charge is 0.239 e. The number of primary amides is 1. The van der Waals surface area contributed by atoms with Gasteiger partial charge >= 0.3 is 0 Å². The Bertz CT molecular complexity index is 327. The maximum atomic E-state index is 10.7. The molecular weight excluding hydrogens is 182 g/mol. The van der Waals surface area contributed by atoms with E-state index in [-0.39, 0.29) is 6.54 Å². The largest absolute Gasteiger partial charge is 0.368 e. The van der Waals surface area contributed by atoms with E-state index in [4.69, 9.17) is 11.5 Å². The van der Waals surface area contributed by atoms with Crippen molar-refractivity contribution in [3.63, 3.8) is 0 Å². The Morgan fingerprint density at radius 1 is 1.71 bits per heavy atom. The lowest BCUT2D eigenvalue weighted by Gasteiger charge is -2.10. The van der Waals surface area contributed by atoms with E-state index >= 15 is 0 Å². The summed E-state index contributed by atoms with van der Waals surface area (Å²) in [6, 6.07) is 1.19. The molecule has 6 nitrogen and oxygen atoms in total. The van der Waals surface area contributed by atoms with E-state index in [2.05, 4.69) is 15.3 Å². The highest BCUT2D eigenvalue weighted by Crippen LogP contribution is 2.03.